The van der Waals surface area contributed by atoms with Gasteiger partial charge < -0.3 is 5.11 Å². The molecule has 2 rings (SSSR count). The van der Waals surface area contributed by atoms with Gasteiger partial charge in [0.2, 0.25) is 0 Å². The highest BCUT2D eigenvalue weighted by Crippen LogP contribution is 2.34. The van der Waals surface area contributed by atoms with Crippen LogP contribution in [-0.2, 0) is 13.5 Å². The molecule has 1 saturated carbocycles. The van der Waals surface area contributed by atoms with Crippen molar-refractivity contribution in [2.24, 2.45) is 13.0 Å². The summed E-state index contributed by atoms with van der Waals surface area (Å²) >= 11 is 0. The predicted octanol–water partition coefficient (Wildman–Crippen LogP) is 1.86. The van der Waals surface area contributed by atoms with Crippen LogP contribution in [0.2, 0.25) is 0 Å². The van der Waals surface area contributed by atoms with Gasteiger partial charge in [-0.3, -0.25) is 0 Å². The van der Waals surface area contributed by atoms with E-state index in [1.165, 1.54) is 24.1 Å². The van der Waals surface area contributed by atoms with Crippen molar-refractivity contribution in [2.75, 3.05) is 0 Å². The first-order valence-electron chi connectivity index (χ1n) is 7.06. The van der Waals surface area contributed by atoms with E-state index < -0.39 is 5.60 Å². The van der Waals surface area contributed by atoms with Crippen LogP contribution >= 0.6 is 0 Å². The molecule has 0 radical (unpaired) electrons. The fourth-order valence-corrected chi connectivity index (χ4v) is 3.02. The molecule has 0 amide bonds. The number of rotatable bonds is 4. The molecule has 1 aliphatic rings. The van der Waals surface area contributed by atoms with E-state index in [1.807, 2.05) is 0 Å². The molecule has 2 atom stereocenters. The highest BCUT2D eigenvalue weighted by molar-refractivity contribution is 4.93. The van der Waals surface area contributed by atoms with Gasteiger partial charge in [0.05, 0.1) is 12.6 Å². The topological polar surface area (TPSA) is 63.8 Å². The van der Waals surface area contributed by atoms with Crippen LogP contribution in [0.4, 0.5) is 0 Å². The summed E-state index contributed by atoms with van der Waals surface area (Å²) in [4.78, 5) is 1.45. The minimum atomic E-state index is -0.620. The molecule has 0 saturated heterocycles. The molecule has 0 aliphatic heterocycles. The van der Waals surface area contributed by atoms with Crippen LogP contribution < -0.4 is 0 Å². The molecule has 0 spiro atoms. The number of hydrogen-bond acceptors (Lipinski definition) is 4. The van der Waals surface area contributed by atoms with Gasteiger partial charge in [0, 0.05) is 6.42 Å². The Kier molecular flexibility index (Phi) is 4.32. The molecule has 1 aromatic heterocycles. The molecule has 2 unspecified atom stereocenters. The Morgan fingerprint density at radius 1 is 1.39 bits per heavy atom. The van der Waals surface area contributed by atoms with E-state index in [-0.39, 0.29) is 0 Å². The van der Waals surface area contributed by atoms with E-state index in [4.69, 9.17) is 0 Å². The largest absolute Gasteiger partial charge is 0.389 e. The van der Waals surface area contributed by atoms with Crippen molar-refractivity contribution in [1.82, 2.24) is 20.2 Å². The Morgan fingerprint density at radius 2 is 2.22 bits per heavy atom. The summed E-state index contributed by atoms with van der Waals surface area (Å²) < 4.78 is 0. The van der Waals surface area contributed by atoms with E-state index in [0.29, 0.717) is 12.2 Å². The molecule has 0 aromatic carbocycles. The van der Waals surface area contributed by atoms with Gasteiger partial charge in [-0.05, 0) is 30.4 Å². The second-order valence-electron chi connectivity index (χ2n) is 5.68. The average molecular weight is 252 g/mol. The number of tetrazole rings is 1. The van der Waals surface area contributed by atoms with Crippen LogP contribution in [0.15, 0.2) is 0 Å². The number of aryl methyl sites for hydroxylation is 1. The van der Waals surface area contributed by atoms with Crippen LogP contribution in [0.1, 0.15) is 57.7 Å². The van der Waals surface area contributed by atoms with Crippen molar-refractivity contribution in [3.8, 4) is 0 Å². The highest BCUT2D eigenvalue weighted by atomic mass is 16.3. The molecule has 1 heterocycles. The second kappa shape index (κ2) is 5.78. The zero-order valence-electron chi connectivity index (χ0n) is 11.5. The molecule has 0 bridgehead atoms. The maximum Gasteiger partial charge on any atom is 0.177 e. The number of aromatic nitrogens is 4. The summed E-state index contributed by atoms with van der Waals surface area (Å²) in [5, 5.41) is 22.7. The van der Waals surface area contributed by atoms with Crippen LogP contribution in [0.25, 0.3) is 0 Å². The van der Waals surface area contributed by atoms with E-state index in [0.717, 1.165) is 31.6 Å². The zero-order valence-corrected chi connectivity index (χ0v) is 11.5. The predicted molar refractivity (Wildman–Crippen MR) is 68.9 cm³/mol. The molecule has 1 N–H and O–H groups in total. The maximum atomic E-state index is 10.7. The van der Waals surface area contributed by atoms with Gasteiger partial charge in [0.15, 0.2) is 5.82 Å². The first-order valence-corrected chi connectivity index (χ1v) is 7.06. The quantitative estimate of drug-likeness (QED) is 0.831. The summed E-state index contributed by atoms with van der Waals surface area (Å²) in [5.41, 5.74) is -0.620. The first-order chi connectivity index (χ1) is 8.61. The van der Waals surface area contributed by atoms with Gasteiger partial charge in [-0.1, -0.05) is 32.6 Å². The molecular weight excluding hydrogens is 228 g/mol. The second-order valence-corrected chi connectivity index (χ2v) is 5.68. The minimum Gasteiger partial charge on any atom is -0.389 e. The van der Waals surface area contributed by atoms with E-state index in [1.54, 1.807) is 7.05 Å². The zero-order chi connectivity index (χ0) is 13.0. The summed E-state index contributed by atoms with van der Waals surface area (Å²) in [6.07, 6.45) is 8.31. The normalized spacial score (nSPS) is 29.2. The van der Waals surface area contributed by atoms with Gasteiger partial charge in [-0.15, -0.1) is 10.2 Å². The standard InChI is InChI=1S/C13H24N4O/c1-3-5-11-6-4-8-13(18,9-7-11)10-12-14-16-17(2)15-12/h11,18H,3-10H2,1-2H3. The lowest BCUT2D eigenvalue weighted by Gasteiger charge is -2.25. The Morgan fingerprint density at radius 3 is 2.89 bits per heavy atom. The molecule has 1 aliphatic carbocycles. The van der Waals surface area contributed by atoms with E-state index in [2.05, 4.69) is 22.3 Å². The lowest BCUT2D eigenvalue weighted by Crippen LogP contribution is -2.31. The van der Waals surface area contributed by atoms with Crippen LogP contribution in [0.3, 0.4) is 0 Å². The van der Waals surface area contributed by atoms with Gasteiger partial charge in [0.25, 0.3) is 0 Å². The van der Waals surface area contributed by atoms with Crippen LogP contribution in [0, 0.1) is 5.92 Å². The van der Waals surface area contributed by atoms with Crippen molar-refractivity contribution >= 4 is 0 Å². The fourth-order valence-electron chi connectivity index (χ4n) is 3.02. The molecule has 18 heavy (non-hydrogen) atoms. The molecule has 5 heteroatoms. The first kappa shape index (κ1) is 13.5. The summed E-state index contributed by atoms with van der Waals surface area (Å²) in [5.74, 6) is 1.45. The molecule has 1 aromatic rings. The number of hydrogen-bond donors (Lipinski definition) is 1. The summed E-state index contributed by atoms with van der Waals surface area (Å²) in [7, 11) is 1.75. The Hall–Kier alpha value is -0.970. The maximum absolute atomic E-state index is 10.7. The van der Waals surface area contributed by atoms with Crippen molar-refractivity contribution in [1.29, 1.82) is 0 Å². The Balaban J connectivity index is 1.94. The molecule has 1 fully saturated rings. The van der Waals surface area contributed by atoms with Gasteiger partial charge in [0.1, 0.15) is 0 Å². The van der Waals surface area contributed by atoms with Crippen LogP contribution in [0.5, 0.6) is 0 Å². The number of nitrogens with zero attached hydrogens (tertiary/aromatic N) is 4. The van der Waals surface area contributed by atoms with Gasteiger partial charge >= 0.3 is 0 Å². The van der Waals surface area contributed by atoms with Crippen molar-refractivity contribution in [3.63, 3.8) is 0 Å². The third kappa shape index (κ3) is 3.51. The smallest absolute Gasteiger partial charge is 0.177 e. The lowest BCUT2D eigenvalue weighted by atomic mass is 9.89. The minimum absolute atomic E-state index is 0.541. The lowest BCUT2D eigenvalue weighted by molar-refractivity contribution is 0.0222. The van der Waals surface area contributed by atoms with E-state index in [9.17, 15) is 5.11 Å². The van der Waals surface area contributed by atoms with Gasteiger partial charge in [-0.2, -0.15) is 4.80 Å². The highest BCUT2D eigenvalue weighted by Gasteiger charge is 2.32. The number of aliphatic hydroxyl groups is 1. The molecule has 5 nitrogen and oxygen atoms in total. The SMILES string of the molecule is CCCC1CCCC(O)(Cc2nnn(C)n2)CC1. The van der Waals surface area contributed by atoms with E-state index >= 15 is 0 Å². The Bertz CT molecular complexity index is 379. The van der Waals surface area contributed by atoms with Crippen LogP contribution in [-0.4, -0.2) is 30.9 Å². The van der Waals surface area contributed by atoms with Crippen molar-refractivity contribution < 1.29 is 5.11 Å². The Labute approximate surface area is 109 Å². The third-order valence-electron chi connectivity index (χ3n) is 4.01. The summed E-state index contributed by atoms with van der Waals surface area (Å²) in [6.45, 7) is 2.24. The fraction of sp³-hybridized carbons (Fsp3) is 0.923. The van der Waals surface area contributed by atoms with Crippen molar-refractivity contribution in [3.05, 3.63) is 5.82 Å². The summed E-state index contributed by atoms with van der Waals surface area (Å²) in [6, 6.07) is 0. The van der Waals surface area contributed by atoms with Crippen molar-refractivity contribution in [2.45, 2.75) is 63.9 Å². The third-order valence-corrected chi connectivity index (χ3v) is 4.01. The van der Waals surface area contributed by atoms with Gasteiger partial charge in [-0.25, -0.2) is 0 Å². The average Bonchev–Trinajstić information content (AvgIpc) is 2.62. The molecule has 102 valence electrons. The molecular formula is C13H24N4O. The monoisotopic (exact) mass is 252 g/mol.